The van der Waals surface area contributed by atoms with E-state index in [2.05, 4.69) is 0 Å². The molecule has 2 nitrogen and oxygen atoms in total. The Hall–Kier alpha value is -0.0800. The summed E-state index contributed by atoms with van der Waals surface area (Å²) in [5.74, 6) is 0. The van der Waals surface area contributed by atoms with E-state index in [0.29, 0.717) is 5.41 Å². The molecule has 2 saturated heterocycles. The molecule has 0 radical (unpaired) electrons. The highest BCUT2D eigenvalue weighted by atomic mass is 16.5. The second-order valence-corrected chi connectivity index (χ2v) is 2.80. The van der Waals surface area contributed by atoms with E-state index in [9.17, 15) is 0 Å². The predicted molar refractivity (Wildman–Crippen MR) is 28.7 cm³/mol. The summed E-state index contributed by atoms with van der Waals surface area (Å²) in [6.07, 6.45) is 1.22. The van der Waals surface area contributed by atoms with Crippen LogP contribution < -0.4 is 0 Å². The van der Waals surface area contributed by atoms with Gasteiger partial charge in [0.15, 0.2) is 0 Å². The lowest BCUT2D eigenvalue weighted by molar-refractivity contribution is -0.112. The van der Waals surface area contributed by atoms with Crippen LogP contribution in [0.5, 0.6) is 0 Å². The van der Waals surface area contributed by atoms with Crippen LogP contribution >= 0.6 is 0 Å². The molecular formula is C6H10O2. The van der Waals surface area contributed by atoms with E-state index in [-0.39, 0.29) is 0 Å². The van der Waals surface area contributed by atoms with Gasteiger partial charge in [0, 0.05) is 12.0 Å². The molecule has 2 heteroatoms. The van der Waals surface area contributed by atoms with Crippen LogP contribution in [0.4, 0.5) is 0 Å². The molecule has 0 amide bonds. The molecule has 2 aliphatic rings. The van der Waals surface area contributed by atoms with Crippen molar-refractivity contribution < 1.29 is 9.47 Å². The lowest BCUT2D eigenvalue weighted by atomic mass is 9.86. The normalized spacial score (nSPS) is 33.0. The average Bonchev–Trinajstić information content (AvgIpc) is 2.07. The van der Waals surface area contributed by atoms with E-state index in [1.54, 1.807) is 0 Å². The van der Waals surface area contributed by atoms with Gasteiger partial charge in [0.25, 0.3) is 0 Å². The molecule has 0 unspecified atom stereocenters. The Morgan fingerprint density at radius 3 is 2.00 bits per heavy atom. The van der Waals surface area contributed by atoms with E-state index in [1.165, 1.54) is 6.42 Å². The van der Waals surface area contributed by atoms with Crippen LogP contribution in [-0.2, 0) is 9.47 Å². The van der Waals surface area contributed by atoms with Gasteiger partial charge in [0.2, 0.25) is 0 Å². The summed E-state index contributed by atoms with van der Waals surface area (Å²) in [4.78, 5) is 0. The minimum Gasteiger partial charge on any atom is -0.381 e. The summed E-state index contributed by atoms with van der Waals surface area (Å²) < 4.78 is 10.3. The lowest BCUT2D eigenvalue weighted by Crippen LogP contribution is -2.42. The molecule has 2 heterocycles. The molecule has 0 atom stereocenters. The average molecular weight is 114 g/mol. The minimum atomic E-state index is 0.472. The molecular weight excluding hydrogens is 104 g/mol. The first-order valence-electron chi connectivity index (χ1n) is 3.07. The van der Waals surface area contributed by atoms with Gasteiger partial charge in [0.05, 0.1) is 19.8 Å². The van der Waals surface area contributed by atoms with Gasteiger partial charge in [-0.1, -0.05) is 0 Å². The summed E-state index contributed by atoms with van der Waals surface area (Å²) in [6.45, 7) is 3.76. The standard InChI is InChI=1S/C6H10O2/c1-2-7-3-6(1)4-8-5-6/h1-5H2. The van der Waals surface area contributed by atoms with E-state index >= 15 is 0 Å². The van der Waals surface area contributed by atoms with Crippen molar-refractivity contribution in [2.45, 2.75) is 6.42 Å². The topological polar surface area (TPSA) is 18.5 Å². The second kappa shape index (κ2) is 1.45. The predicted octanol–water partition coefficient (Wildman–Crippen LogP) is 0.423. The van der Waals surface area contributed by atoms with Gasteiger partial charge in [0.1, 0.15) is 0 Å². The highest BCUT2D eigenvalue weighted by Crippen LogP contribution is 2.35. The van der Waals surface area contributed by atoms with Crippen LogP contribution in [0.15, 0.2) is 0 Å². The SMILES string of the molecule is C1CC2(CO1)COC2. The van der Waals surface area contributed by atoms with Gasteiger partial charge in [-0.2, -0.15) is 0 Å². The van der Waals surface area contributed by atoms with Crippen molar-refractivity contribution in [3.63, 3.8) is 0 Å². The van der Waals surface area contributed by atoms with Crippen LogP contribution in [0.25, 0.3) is 0 Å². The summed E-state index contributed by atoms with van der Waals surface area (Å²) in [5.41, 5.74) is 0.472. The zero-order valence-corrected chi connectivity index (χ0v) is 4.85. The van der Waals surface area contributed by atoms with Crippen molar-refractivity contribution in [2.24, 2.45) is 5.41 Å². The monoisotopic (exact) mass is 114 g/mol. The molecule has 0 aliphatic carbocycles. The third-order valence-electron chi connectivity index (χ3n) is 2.00. The van der Waals surface area contributed by atoms with Gasteiger partial charge in [-0.05, 0) is 6.42 Å². The third kappa shape index (κ3) is 0.501. The maximum absolute atomic E-state index is 5.22. The molecule has 0 bridgehead atoms. The Labute approximate surface area is 48.8 Å². The fraction of sp³-hybridized carbons (Fsp3) is 1.00. The summed E-state index contributed by atoms with van der Waals surface area (Å²) in [7, 11) is 0. The fourth-order valence-electron chi connectivity index (χ4n) is 1.27. The van der Waals surface area contributed by atoms with E-state index in [4.69, 9.17) is 9.47 Å². The smallest absolute Gasteiger partial charge is 0.0567 e. The Morgan fingerprint density at radius 2 is 1.75 bits per heavy atom. The Morgan fingerprint density at radius 1 is 1.00 bits per heavy atom. The van der Waals surface area contributed by atoms with Crippen molar-refractivity contribution in [1.29, 1.82) is 0 Å². The van der Waals surface area contributed by atoms with Gasteiger partial charge < -0.3 is 9.47 Å². The van der Waals surface area contributed by atoms with E-state index in [0.717, 1.165) is 26.4 Å². The number of rotatable bonds is 0. The molecule has 0 aromatic rings. The van der Waals surface area contributed by atoms with Crippen molar-refractivity contribution in [1.82, 2.24) is 0 Å². The van der Waals surface area contributed by atoms with Crippen molar-refractivity contribution in [3.05, 3.63) is 0 Å². The lowest BCUT2D eigenvalue weighted by Gasteiger charge is -2.35. The molecule has 0 aromatic carbocycles. The van der Waals surface area contributed by atoms with Gasteiger partial charge >= 0.3 is 0 Å². The first-order valence-corrected chi connectivity index (χ1v) is 3.07. The van der Waals surface area contributed by atoms with Crippen LogP contribution in [0, 0.1) is 5.41 Å². The molecule has 1 spiro atoms. The van der Waals surface area contributed by atoms with E-state index in [1.807, 2.05) is 0 Å². The molecule has 0 saturated carbocycles. The van der Waals surface area contributed by atoms with E-state index < -0.39 is 0 Å². The highest BCUT2D eigenvalue weighted by Gasteiger charge is 2.41. The summed E-state index contributed by atoms with van der Waals surface area (Å²) >= 11 is 0. The molecule has 2 aliphatic heterocycles. The minimum absolute atomic E-state index is 0.472. The molecule has 46 valence electrons. The molecule has 0 N–H and O–H groups in total. The first-order chi connectivity index (χ1) is 3.91. The maximum atomic E-state index is 5.22. The van der Waals surface area contributed by atoms with Crippen molar-refractivity contribution >= 4 is 0 Å². The molecule has 0 aromatic heterocycles. The zero-order valence-electron chi connectivity index (χ0n) is 4.85. The largest absolute Gasteiger partial charge is 0.381 e. The van der Waals surface area contributed by atoms with Crippen LogP contribution in [0.1, 0.15) is 6.42 Å². The first kappa shape index (κ1) is 4.77. The van der Waals surface area contributed by atoms with Crippen molar-refractivity contribution in [2.75, 3.05) is 26.4 Å². The molecule has 2 rings (SSSR count). The quantitative estimate of drug-likeness (QED) is 0.454. The third-order valence-corrected chi connectivity index (χ3v) is 2.00. The zero-order chi connectivity index (χ0) is 5.45. The fourth-order valence-corrected chi connectivity index (χ4v) is 1.27. The Balaban J connectivity index is 2.01. The Bertz CT molecular complexity index is 88.7. The second-order valence-electron chi connectivity index (χ2n) is 2.80. The van der Waals surface area contributed by atoms with Gasteiger partial charge in [-0.25, -0.2) is 0 Å². The van der Waals surface area contributed by atoms with Gasteiger partial charge in [-0.3, -0.25) is 0 Å². The number of hydrogen-bond acceptors (Lipinski definition) is 2. The highest BCUT2D eigenvalue weighted by molar-refractivity contribution is 4.88. The van der Waals surface area contributed by atoms with Crippen LogP contribution in [0.3, 0.4) is 0 Å². The van der Waals surface area contributed by atoms with Crippen LogP contribution in [0.2, 0.25) is 0 Å². The van der Waals surface area contributed by atoms with Crippen molar-refractivity contribution in [3.8, 4) is 0 Å². The maximum Gasteiger partial charge on any atom is 0.0567 e. The molecule has 8 heavy (non-hydrogen) atoms. The molecule has 2 fully saturated rings. The Kier molecular flexibility index (Phi) is 0.866. The van der Waals surface area contributed by atoms with Gasteiger partial charge in [-0.15, -0.1) is 0 Å². The summed E-state index contributed by atoms with van der Waals surface area (Å²) in [5, 5.41) is 0. The number of hydrogen-bond donors (Lipinski definition) is 0. The number of ether oxygens (including phenoxy) is 2. The van der Waals surface area contributed by atoms with Crippen LogP contribution in [-0.4, -0.2) is 26.4 Å². The summed E-state index contributed by atoms with van der Waals surface area (Å²) in [6, 6.07) is 0.